The molecule has 1 fully saturated rings. The quantitative estimate of drug-likeness (QED) is 0.129. The van der Waals surface area contributed by atoms with Gasteiger partial charge in [0.15, 0.2) is 34.5 Å². The maximum Gasteiger partial charge on any atom is 0.250 e. The highest BCUT2D eigenvalue weighted by molar-refractivity contribution is 6.75. The molecule has 0 bridgehead atoms. The Bertz CT molecular complexity index is 1880. The molecule has 0 unspecified atom stereocenters. The Balaban J connectivity index is 1.32. The number of hydrogen-bond acceptors (Lipinski definition) is 10. The lowest BCUT2D eigenvalue weighted by molar-refractivity contribution is 0.353. The van der Waals surface area contributed by atoms with Crippen molar-refractivity contribution in [2.75, 3.05) is 64.4 Å². The summed E-state index contributed by atoms with van der Waals surface area (Å²) in [5.74, 6) is 5.98. The summed E-state index contributed by atoms with van der Waals surface area (Å²) in [7, 11) is 2.44. The molecule has 12 heteroatoms. The molecule has 57 heavy (non-hydrogen) atoms. The molecular weight excluding hydrogens is 749 g/mol. The number of hydrogen-bond donors (Lipinski definition) is 0. The van der Waals surface area contributed by atoms with Gasteiger partial charge in [0, 0.05) is 60.8 Å². The molecule has 1 aliphatic rings. The number of nitrogens with zero attached hydrogens (tertiary/aromatic N) is 4. The van der Waals surface area contributed by atoms with Gasteiger partial charge in [-0.2, -0.15) is 0 Å². The van der Waals surface area contributed by atoms with E-state index in [1.54, 1.807) is 28.4 Å². The van der Waals surface area contributed by atoms with Crippen molar-refractivity contribution in [2.24, 2.45) is 0 Å². The zero-order valence-corrected chi connectivity index (χ0v) is 39.4. The molecule has 0 amide bonds. The molecule has 5 rings (SSSR count). The van der Waals surface area contributed by atoms with E-state index >= 15 is 0 Å². The van der Waals surface area contributed by atoms with Crippen molar-refractivity contribution in [3.8, 4) is 56.8 Å². The number of rotatable bonds is 12. The van der Waals surface area contributed by atoms with E-state index in [0.29, 0.717) is 34.5 Å². The molecular formula is C45H66N4O6Si2. The first kappa shape index (κ1) is 43.7. The van der Waals surface area contributed by atoms with Crippen LogP contribution in [-0.2, 0) is 0 Å². The van der Waals surface area contributed by atoms with E-state index < -0.39 is 16.6 Å². The van der Waals surface area contributed by atoms with Gasteiger partial charge < -0.3 is 37.6 Å². The van der Waals surface area contributed by atoms with Gasteiger partial charge in [-0.05, 0) is 104 Å². The second-order valence-corrected chi connectivity index (χ2v) is 27.5. The normalized spacial score (nSPS) is 14.2. The van der Waals surface area contributed by atoms with Crippen LogP contribution >= 0.6 is 0 Å². The van der Waals surface area contributed by atoms with Crippen molar-refractivity contribution in [2.45, 2.75) is 98.1 Å². The summed E-state index contributed by atoms with van der Waals surface area (Å²) in [4.78, 5) is 14.6. The fourth-order valence-electron chi connectivity index (χ4n) is 6.66. The molecule has 0 spiro atoms. The fourth-order valence-corrected chi connectivity index (χ4v) is 8.68. The third kappa shape index (κ3) is 9.01. The standard InChI is InChI=1S/C45H66N4O6Si2/c1-30-34(26-36(50-9)42(40(30)52-11)54-56(13,14)44(3,4)5)32-18-20-38(46-28-32)48-22-17-23-49(25-24-48)39-21-19-33(29-47-39)35-27-37(51-10)43(41(53-12)31(35)2)55-57(15,16)45(6,7)8/h18-21,26-29H,17,22-25H2,1-16H3. The van der Waals surface area contributed by atoms with Gasteiger partial charge in [-0.25, -0.2) is 9.97 Å². The van der Waals surface area contributed by atoms with Crippen molar-refractivity contribution >= 4 is 28.3 Å². The molecule has 0 atom stereocenters. The summed E-state index contributed by atoms with van der Waals surface area (Å²) in [6.07, 6.45) is 4.89. The van der Waals surface area contributed by atoms with Gasteiger partial charge in [0.2, 0.25) is 0 Å². The van der Waals surface area contributed by atoms with Gasteiger partial charge >= 0.3 is 0 Å². The molecule has 0 radical (unpaired) electrons. The van der Waals surface area contributed by atoms with Crippen LogP contribution in [0.1, 0.15) is 59.1 Å². The first-order valence-electron chi connectivity index (χ1n) is 20.0. The second kappa shape index (κ2) is 16.8. The maximum absolute atomic E-state index is 6.75. The SMILES string of the molecule is COc1cc(-c2ccc(N3CCCN(c4ccc(-c5cc(OC)c(O[Si](C)(C)C(C)(C)C)c(OC)c5C)cn4)CC3)nc2)c(C)c(OC)c1O[Si](C)(C)C(C)(C)C. The Morgan fingerprint density at radius 3 is 1.18 bits per heavy atom. The van der Waals surface area contributed by atoms with Crippen LogP contribution in [-0.4, -0.2) is 81.2 Å². The predicted molar refractivity (Wildman–Crippen MR) is 240 cm³/mol. The van der Waals surface area contributed by atoms with Crippen molar-refractivity contribution < 1.29 is 27.8 Å². The Labute approximate surface area is 344 Å². The highest BCUT2D eigenvalue weighted by Gasteiger charge is 2.42. The van der Waals surface area contributed by atoms with Crippen molar-refractivity contribution in [3.05, 3.63) is 59.9 Å². The van der Waals surface area contributed by atoms with Gasteiger partial charge in [-0.1, -0.05) is 41.5 Å². The molecule has 1 aliphatic heterocycles. The van der Waals surface area contributed by atoms with Crippen LogP contribution in [0, 0.1) is 13.8 Å². The Kier molecular flexibility index (Phi) is 12.9. The van der Waals surface area contributed by atoms with Gasteiger partial charge in [0.1, 0.15) is 11.6 Å². The number of anilines is 2. The van der Waals surface area contributed by atoms with Crippen LogP contribution in [0.25, 0.3) is 22.3 Å². The van der Waals surface area contributed by atoms with Crippen LogP contribution in [0.2, 0.25) is 36.3 Å². The van der Waals surface area contributed by atoms with Crippen LogP contribution in [0.3, 0.4) is 0 Å². The monoisotopic (exact) mass is 814 g/mol. The molecule has 1 saturated heterocycles. The van der Waals surface area contributed by atoms with E-state index in [-0.39, 0.29) is 10.1 Å². The van der Waals surface area contributed by atoms with Crippen LogP contribution < -0.4 is 37.6 Å². The molecule has 0 saturated carbocycles. The first-order valence-corrected chi connectivity index (χ1v) is 25.8. The molecule has 0 N–H and O–H groups in total. The van der Waals surface area contributed by atoms with Crippen molar-refractivity contribution in [3.63, 3.8) is 0 Å². The number of benzene rings is 2. The van der Waals surface area contributed by atoms with E-state index in [1.165, 1.54) is 0 Å². The molecule has 0 aliphatic carbocycles. The largest absolute Gasteiger partial charge is 0.539 e. The summed E-state index contributed by atoms with van der Waals surface area (Å²) < 4.78 is 37.2. The number of ether oxygens (including phenoxy) is 4. The third-order valence-corrected chi connectivity index (χ3v) is 21.0. The van der Waals surface area contributed by atoms with Crippen LogP contribution in [0.15, 0.2) is 48.8 Å². The van der Waals surface area contributed by atoms with E-state index in [1.807, 2.05) is 24.5 Å². The summed E-state index contributed by atoms with van der Waals surface area (Å²) >= 11 is 0. The lowest BCUT2D eigenvalue weighted by Gasteiger charge is -2.37. The van der Waals surface area contributed by atoms with Gasteiger partial charge in [-0.15, -0.1) is 0 Å². The topological polar surface area (TPSA) is 87.6 Å². The Hall–Kier alpha value is -4.43. The predicted octanol–water partition coefficient (Wildman–Crippen LogP) is 10.9. The molecule has 4 aromatic rings. The Morgan fingerprint density at radius 1 is 0.526 bits per heavy atom. The van der Waals surface area contributed by atoms with E-state index in [2.05, 4.69) is 116 Å². The molecule has 2 aromatic carbocycles. The number of methoxy groups -OCH3 is 4. The lowest BCUT2D eigenvalue weighted by Crippen LogP contribution is -2.44. The smallest absolute Gasteiger partial charge is 0.250 e. The molecule has 2 aromatic heterocycles. The van der Waals surface area contributed by atoms with E-state index in [4.69, 9.17) is 37.8 Å². The molecule has 3 heterocycles. The summed E-state index contributed by atoms with van der Waals surface area (Å²) in [5.41, 5.74) is 5.98. The van der Waals surface area contributed by atoms with Gasteiger partial charge in [0.05, 0.1) is 28.4 Å². The zero-order chi connectivity index (χ0) is 42.1. The minimum atomic E-state index is -2.15. The average molecular weight is 815 g/mol. The second-order valence-electron chi connectivity index (χ2n) is 18.1. The molecule has 310 valence electrons. The highest BCUT2D eigenvalue weighted by atomic mass is 28.4. The van der Waals surface area contributed by atoms with E-state index in [0.717, 1.165) is 77.6 Å². The van der Waals surface area contributed by atoms with Crippen LogP contribution in [0.5, 0.6) is 34.5 Å². The minimum Gasteiger partial charge on any atom is -0.539 e. The Morgan fingerprint density at radius 2 is 0.895 bits per heavy atom. The minimum absolute atomic E-state index is 0.0266. The maximum atomic E-state index is 6.75. The van der Waals surface area contributed by atoms with Gasteiger partial charge in [-0.3, -0.25) is 0 Å². The summed E-state index contributed by atoms with van der Waals surface area (Å²) in [6.45, 7) is 29.9. The zero-order valence-electron chi connectivity index (χ0n) is 37.4. The van der Waals surface area contributed by atoms with Crippen LogP contribution in [0.4, 0.5) is 11.6 Å². The summed E-state index contributed by atoms with van der Waals surface area (Å²) in [5, 5.41) is 0.0533. The van der Waals surface area contributed by atoms with E-state index in [9.17, 15) is 0 Å². The first-order chi connectivity index (χ1) is 26.7. The third-order valence-electron chi connectivity index (χ3n) is 12.3. The molecule has 10 nitrogen and oxygen atoms in total. The van der Waals surface area contributed by atoms with Crippen molar-refractivity contribution in [1.29, 1.82) is 0 Å². The number of aromatic nitrogens is 2. The fraction of sp³-hybridized carbons (Fsp3) is 0.511. The van der Waals surface area contributed by atoms with Crippen molar-refractivity contribution in [1.82, 2.24) is 9.97 Å². The highest BCUT2D eigenvalue weighted by Crippen LogP contribution is 2.50. The average Bonchev–Trinajstić information content (AvgIpc) is 3.41. The van der Waals surface area contributed by atoms with Gasteiger partial charge in [0.25, 0.3) is 16.6 Å². The lowest BCUT2D eigenvalue weighted by atomic mass is 10.00. The summed E-state index contributed by atoms with van der Waals surface area (Å²) in [6, 6.07) is 12.6. The number of pyridine rings is 2.